The van der Waals surface area contributed by atoms with Crippen LogP contribution in [0, 0.1) is 13.8 Å². The van der Waals surface area contributed by atoms with Gasteiger partial charge in [-0.25, -0.2) is 4.79 Å². The molecule has 0 spiro atoms. The Labute approximate surface area is 149 Å². The fourth-order valence-electron chi connectivity index (χ4n) is 3.80. The minimum atomic E-state index is 0.0161. The van der Waals surface area contributed by atoms with Gasteiger partial charge in [-0.05, 0) is 62.6 Å². The van der Waals surface area contributed by atoms with Crippen LogP contribution in [0.15, 0.2) is 24.3 Å². The lowest BCUT2D eigenvalue weighted by Gasteiger charge is -2.33. The molecular formula is C20H28N4O. The average Bonchev–Trinajstić information content (AvgIpc) is 2.95. The Hall–Kier alpha value is -2.30. The molecule has 25 heavy (non-hydrogen) atoms. The number of carbonyl (C=O) groups excluding carboxylic acids is 1. The normalized spacial score (nSPS) is 16.4. The maximum atomic E-state index is 12.5. The molecule has 0 bridgehead atoms. The van der Waals surface area contributed by atoms with Crippen molar-refractivity contribution < 1.29 is 4.79 Å². The van der Waals surface area contributed by atoms with Crippen molar-refractivity contribution in [1.29, 1.82) is 0 Å². The molecule has 2 N–H and O–H groups in total. The number of nitrogens with zero attached hydrogens (tertiary/aromatic N) is 2. The SMILES string of the molecule is Cc1n[nH]c(C)c1CCCNC(=O)N(C)C1CCCc2ccccc21. The van der Waals surface area contributed by atoms with Crippen molar-refractivity contribution in [2.75, 3.05) is 13.6 Å². The van der Waals surface area contributed by atoms with Crippen molar-refractivity contribution in [3.63, 3.8) is 0 Å². The van der Waals surface area contributed by atoms with Crippen molar-refractivity contribution in [1.82, 2.24) is 20.4 Å². The number of hydrogen-bond acceptors (Lipinski definition) is 2. The van der Waals surface area contributed by atoms with Crippen molar-refractivity contribution in [3.05, 3.63) is 52.3 Å². The van der Waals surface area contributed by atoms with Crippen molar-refractivity contribution in [2.45, 2.75) is 52.0 Å². The molecule has 0 saturated carbocycles. The van der Waals surface area contributed by atoms with Crippen molar-refractivity contribution in [2.24, 2.45) is 0 Å². The first-order valence-corrected chi connectivity index (χ1v) is 9.17. The van der Waals surface area contributed by atoms with Crippen LogP contribution in [-0.4, -0.2) is 34.7 Å². The van der Waals surface area contributed by atoms with E-state index in [1.54, 1.807) is 0 Å². The average molecular weight is 340 g/mol. The summed E-state index contributed by atoms with van der Waals surface area (Å²) in [6, 6.07) is 8.70. The van der Waals surface area contributed by atoms with E-state index < -0.39 is 0 Å². The predicted molar refractivity (Wildman–Crippen MR) is 99.7 cm³/mol. The molecule has 1 aromatic heterocycles. The first-order chi connectivity index (χ1) is 12.1. The van der Waals surface area contributed by atoms with Gasteiger partial charge in [-0.15, -0.1) is 0 Å². The van der Waals surface area contributed by atoms with Crippen LogP contribution in [0.5, 0.6) is 0 Å². The highest BCUT2D eigenvalue weighted by molar-refractivity contribution is 5.74. The number of aryl methyl sites for hydroxylation is 3. The molecule has 1 aromatic carbocycles. The van der Waals surface area contributed by atoms with Gasteiger partial charge in [0.2, 0.25) is 0 Å². The third kappa shape index (κ3) is 3.86. The first-order valence-electron chi connectivity index (χ1n) is 9.17. The third-order valence-electron chi connectivity index (χ3n) is 5.29. The Kier molecular flexibility index (Phi) is 5.41. The van der Waals surface area contributed by atoms with Crippen LogP contribution in [-0.2, 0) is 12.8 Å². The molecule has 134 valence electrons. The highest BCUT2D eigenvalue weighted by Gasteiger charge is 2.26. The van der Waals surface area contributed by atoms with E-state index >= 15 is 0 Å². The number of carbonyl (C=O) groups is 1. The first kappa shape index (κ1) is 17.5. The molecule has 0 fully saturated rings. The summed E-state index contributed by atoms with van der Waals surface area (Å²) in [7, 11) is 1.91. The number of aromatic amines is 1. The topological polar surface area (TPSA) is 61.0 Å². The zero-order chi connectivity index (χ0) is 17.8. The summed E-state index contributed by atoms with van der Waals surface area (Å²) in [6.45, 7) is 4.75. The molecule has 3 rings (SSSR count). The molecule has 2 aromatic rings. The lowest BCUT2D eigenvalue weighted by atomic mass is 9.87. The lowest BCUT2D eigenvalue weighted by molar-refractivity contribution is 0.184. The number of rotatable bonds is 5. The number of aromatic nitrogens is 2. The minimum absolute atomic E-state index is 0.0161. The van der Waals surface area contributed by atoms with E-state index in [4.69, 9.17) is 0 Å². The predicted octanol–water partition coefficient (Wildman–Crippen LogP) is 3.68. The monoisotopic (exact) mass is 340 g/mol. The fourth-order valence-corrected chi connectivity index (χ4v) is 3.80. The summed E-state index contributed by atoms with van der Waals surface area (Å²) < 4.78 is 0. The van der Waals surface area contributed by atoms with Gasteiger partial charge in [0, 0.05) is 19.3 Å². The molecule has 0 aliphatic heterocycles. The number of benzene rings is 1. The number of hydrogen-bond donors (Lipinski definition) is 2. The Morgan fingerprint density at radius 2 is 2.16 bits per heavy atom. The van der Waals surface area contributed by atoms with Gasteiger partial charge in [-0.3, -0.25) is 5.10 Å². The van der Waals surface area contributed by atoms with Crippen molar-refractivity contribution >= 4 is 6.03 Å². The molecule has 0 saturated heterocycles. The molecule has 2 amide bonds. The van der Waals surface area contributed by atoms with Gasteiger partial charge >= 0.3 is 6.03 Å². The van der Waals surface area contributed by atoms with Crippen LogP contribution in [0.25, 0.3) is 0 Å². The Bertz CT molecular complexity index is 718. The third-order valence-corrected chi connectivity index (χ3v) is 5.29. The van der Waals surface area contributed by atoms with E-state index in [1.165, 1.54) is 16.7 Å². The zero-order valence-electron chi connectivity index (χ0n) is 15.4. The molecule has 5 nitrogen and oxygen atoms in total. The molecular weight excluding hydrogens is 312 g/mol. The Balaban J connectivity index is 1.52. The van der Waals surface area contributed by atoms with Gasteiger partial charge in [0.1, 0.15) is 0 Å². The smallest absolute Gasteiger partial charge is 0.317 e. The molecule has 5 heteroatoms. The number of amides is 2. The van der Waals surface area contributed by atoms with E-state index in [9.17, 15) is 4.79 Å². The van der Waals surface area contributed by atoms with Crippen molar-refractivity contribution in [3.8, 4) is 0 Å². The highest BCUT2D eigenvalue weighted by atomic mass is 16.2. The summed E-state index contributed by atoms with van der Waals surface area (Å²) in [5.41, 5.74) is 6.13. The summed E-state index contributed by atoms with van der Waals surface area (Å²) in [6.07, 6.45) is 5.14. The van der Waals surface area contributed by atoms with Gasteiger partial charge in [-0.1, -0.05) is 24.3 Å². The molecule has 1 atom stereocenters. The largest absolute Gasteiger partial charge is 0.338 e. The second kappa shape index (κ2) is 7.72. The van der Waals surface area contributed by atoms with Crippen LogP contribution >= 0.6 is 0 Å². The highest BCUT2D eigenvalue weighted by Crippen LogP contribution is 2.33. The van der Waals surface area contributed by atoms with Gasteiger partial charge in [0.05, 0.1) is 11.7 Å². The van der Waals surface area contributed by atoms with Crippen LogP contribution in [0.1, 0.15) is 53.4 Å². The number of H-pyrrole nitrogens is 1. The second-order valence-electron chi connectivity index (χ2n) is 6.97. The lowest BCUT2D eigenvalue weighted by Crippen LogP contribution is -2.41. The number of fused-ring (bicyclic) bond motifs is 1. The van der Waals surface area contributed by atoms with Crippen LogP contribution in [0.3, 0.4) is 0 Å². The maximum Gasteiger partial charge on any atom is 0.317 e. The summed E-state index contributed by atoms with van der Waals surface area (Å²) in [4.78, 5) is 14.4. The molecule has 1 aliphatic carbocycles. The molecule has 1 unspecified atom stereocenters. The van der Waals surface area contributed by atoms with E-state index in [0.29, 0.717) is 6.54 Å². The fraction of sp³-hybridized carbons (Fsp3) is 0.500. The molecule has 0 radical (unpaired) electrons. The van der Waals surface area contributed by atoms with Gasteiger partial charge in [0.25, 0.3) is 0 Å². The minimum Gasteiger partial charge on any atom is -0.338 e. The van der Waals surface area contributed by atoms with E-state index in [0.717, 1.165) is 43.5 Å². The standard InChI is InChI=1S/C20H28N4O/c1-14-17(15(2)23-22-14)11-7-13-21-20(25)24(3)19-12-6-9-16-8-4-5-10-18(16)19/h4-5,8,10,19H,6-7,9,11-13H2,1-3H3,(H,21,25)(H,22,23). The summed E-state index contributed by atoms with van der Waals surface area (Å²) in [5, 5.41) is 10.3. The van der Waals surface area contributed by atoms with E-state index in [1.807, 2.05) is 25.8 Å². The van der Waals surface area contributed by atoms with Gasteiger partial charge in [0.15, 0.2) is 0 Å². The second-order valence-corrected chi connectivity index (χ2v) is 6.97. The number of urea groups is 1. The number of nitrogens with one attached hydrogen (secondary N) is 2. The Morgan fingerprint density at radius 3 is 2.92 bits per heavy atom. The van der Waals surface area contributed by atoms with E-state index in [2.05, 4.69) is 39.8 Å². The van der Waals surface area contributed by atoms with Gasteiger partial charge in [-0.2, -0.15) is 5.10 Å². The van der Waals surface area contributed by atoms with Crippen LogP contribution in [0.2, 0.25) is 0 Å². The quantitative estimate of drug-likeness (QED) is 0.816. The van der Waals surface area contributed by atoms with Crippen LogP contribution < -0.4 is 5.32 Å². The zero-order valence-corrected chi connectivity index (χ0v) is 15.4. The Morgan fingerprint density at radius 1 is 1.36 bits per heavy atom. The summed E-state index contributed by atoms with van der Waals surface area (Å²) in [5.74, 6) is 0. The molecule has 1 heterocycles. The van der Waals surface area contributed by atoms with Crippen LogP contribution in [0.4, 0.5) is 4.79 Å². The summed E-state index contributed by atoms with van der Waals surface area (Å²) >= 11 is 0. The van der Waals surface area contributed by atoms with E-state index in [-0.39, 0.29) is 12.1 Å². The molecule has 1 aliphatic rings. The van der Waals surface area contributed by atoms with Gasteiger partial charge < -0.3 is 10.2 Å². The maximum absolute atomic E-state index is 12.5.